The van der Waals surface area contributed by atoms with Crippen molar-refractivity contribution in [3.8, 4) is 11.5 Å². The zero-order valence-electron chi connectivity index (χ0n) is 11.3. The molecule has 0 aliphatic heterocycles. The minimum absolute atomic E-state index is 0.259. The minimum atomic E-state index is -0.407. The molecule has 2 aromatic rings. The molecule has 7 heteroatoms. The van der Waals surface area contributed by atoms with Crippen molar-refractivity contribution in [3.63, 3.8) is 0 Å². The van der Waals surface area contributed by atoms with Gasteiger partial charge in [-0.15, -0.1) is 0 Å². The molecule has 0 bridgehead atoms. The standard InChI is InChI=1S/C14H12Cl2N2O3/c1-20-12-6-11(13(21-2)5-10(12)16)18-14(19)8-7-17-4-3-9(8)15/h3-7H,1-2H3,(H,18,19). The van der Waals surface area contributed by atoms with E-state index < -0.39 is 5.91 Å². The summed E-state index contributed by atoms with van der Waals surface area (Å²) < 4.78 is 10.3. The Hall–Kier alpha value is -1.98. The van der Waals surface area contributed by atoms with Crippen LogP contribution in [-0.4, -0.2) is 25.1 Å². The molecule has 0 unspecified atom stereocenters. The summed E-state index contributed by atoms with van der Waals surface area (Å²) in [6, 6.07) is 4.67. The predicted octanol–water partition coefficient (Wildman–Crippen LogP) is 3.66. The van der Waals surface area contributed by atoms with Gasteiger partial charge in [0.2, 0.25) is 0 Å². The van der Waals surface area contributed by atoms with Gasteiger partial charge in [0.15, 0.2) is 0 Å². The van der Waals surface area contributed by atoms with E-state index in [-0.39, 0.29) is 5.56 Å². The quantitative estimate of drug-likeness (QED) is 0.931. The van der Waals surface area contributed by atoms with Gasteiger partial charge in [0.25, 0.3) is 5.91 Å². The van der Waals surface area contributed by atoms with Crippen LogP contribution in [0.2, 0.25) is 10.0 Å². The fourth-order valence-corrected chi connectivity index (χ4v) is 2.11. The van der Waals surface area contributed by atoms with Crippen LogP contribution in [0, 0.1) is 0 Å². The van der Waals surface area contributed by atoms with Crippen molar-refractivity contribution in [1.82, 2.24) is 4.98 Å². The molecule has 0 radical (unpaired) electrons. The third-order valence-electron chi connectivity index (χ3n) is 2.73. The summed E-state index contributed by atoms with van der Waals surface area (Å²) in [4.78, 5) is 16.1. The summed E-state index contributed by atoms with van der Waals surface area (Å²) in [7, 11) is 2.96. The lowest BCUT2D eigenvalue weighted by atomic mass is 10.2. The topological polar surface area (TPSA) is 60.5 Å². The third kappa shape index (κ3) is 3.37. The van der Waals surface area contributed by atoms with E-state index in [9.17, 15) is 4.79 Å². The first-order valence-corrected chi connectivity index (χ1v) is 6.64. The second-order valence-corrected chi connectivity index (χ2v) is 4.81. The molecule has 5 nitrogen and oxygen atoms in total. The summed E-state index contributed by atoms with van der Waals surface area (Å²) in [6.45, 7) is 0. The van der Waals surface area contributed by atoms with Crippen LogP contribution in [0.5, 0.6) is 11.5 Å². The number of benzene rings is 1. The van der Waals surface area contributed by atoms with Gasteiger partial charge in [-0.1, -0.05) is 23.2 Å². The summed E-state index contributed by atoms with van der Waals surface area (Å²) in [5.74, 6) is 0.426. The molecule has 0 spiro atoms. The largest absolute Gasteiger partial charge is 0.495 e. The molecule has 1 amide bonds. The maximum absolute atomic E-state index is 12.2. The van der Waals surface area contributed by atoms with Crippen LogP contribution in [0.3, 0.4) is 0 Å². The molecule has 0 saturated heterocycles. The first kappa shape index (κ1) is 15.4. The number of hydrogen-bond acceptors (Lipinski definition) is 4. The molecule has 0 aliphatic carbocycles. The van der Waals surface area contributed by atoms with Gasteiger partial charge < -0.3 is 14.8 Å². The van der Waals surface area contributed by atoms with Crippen molar-refractivity contribution >= 4 is 34.8 Å². The molecule has 0 aliphatic rings. The number of carbonyl (C=O) groups is 1. The molecule has 1 heterocycles. The number of rotatable bonds is 4. The lowest BCUT2D eigenvalue weighted by Crippen LogP contribution is -2.13. The molecule has 1 aromatic heterocycles. The van der Waals surface area contributed by atoms with E-state index in [1.807, 2.05) is 0 Å². The van der Waals surface area contributed by atoms with Gasteiger partial charge in [0.05, 0.1) is 35.5 Å². The Kier molecular flexibility index (Phi) is 4.88. The number of anilines is 1. The fourth-order valence-electron chi connectivity index (χ4n) is 1.69. The van der Waals surface area contributed by atoms with E-state index >= 15 is 0 Å². The second-order valence-electron chi connectivity index (χ2n) is 4.00. The van der Waals surface area contributed by atoms with Crippen LogP contribution in [0.1, 0.15) is 10.4 Å². The number of methoxy groups -OCH3 is 2. The highest BCUT2D eigenvalue weighted by atomic mass is 35.5. The van der Waals surface area contributed by atoms with Gasteiger partial charge in [-0.25, -0.2) is 0 Å². The SMILES string of the molecule is COc1cc(NC(=O)c2cnccc2Cl)c(OC)cc1Cl. The summed E-state index contributed by atoms with van der Waals surface area (Å²) in [6.07, 6.45) is 2.89. The summed E-state index contributed by atoms with van der Waals surface area (Å²) in [5.41, 5.74) is 0.679. The maximum atomic E-state index is 12.2. The fraction of sp³-hybridized carbons (Fsp3) is 0.143. The number of aromatic nitrogens is 1. The van der Waals surface area contributed by atoms with Crippen LogP contribution in [0.15, 0.2) is 30.6 Å². The molecule has 0 saturated carbocycles. The second kappa shape index (κ2) is 6.65. The Morgan fingerprint density at radius 3 is 2.48 bits per heavy atom. The highest BCUT2D eigenvalue weighted by molar-refractivity contribution is 6.34. The average molecular weight is 327 g/mol. The van der Waals surface area contributed by atoms with Crippen molar-refractivity contribution in [3.05, 3.63) is 46.2 Å². The van der Waals surface area contributed by atoms with Crippen molar-refractivity contribution in [2.75, 3.05) is 19.5 Å². The van der Waals surface area contributed by atoms with Gasteiger partial charge in [0, 0.05) is 24.5 Å². The van der Waals surface area contributed by atoms with Gasteiger partial charge in [-0.3, -0.25) is 9.78 Å². The Morgan fingerprint density at radius 1 is 1.14 bits per heavy atom. The normalized spacial score (nSPS) is 10.1. The molecular formula is C14H12Cl2N2O3. The average Bonchev–Trinajstić information content (AvgIpc) is 2.48. The number of nitrogens with one attached hydrogen (secondary N) is 1. The van der Waals surface area contributed by atoms with E-state index in [1.54, 1.807) is 12.1 Å². The molecule has 0 atom stereocenters. The van der Waals surface area contributed by atoms with Crippen molar-refractivity contribution in [2.45, 2.75) is 0 Å². The number of halogens is 2. The van der Waals surface area contributed by atoms with Gasteiger partial charge in [-0.2, -0.15) is 0 Å². The molecule has 2 rings (SSSR count). The molecule has 1 N–H and O–H groups in total. The van der Waals surface area contributed by atoms with Crippen LogP contribution in [0.25, 0.3) is 0 Å². The molecule has 21 heavy (non-hydrogen) atoms. The third-order valence-corrected chi connectivity index (χ3v) is 3.36. The van der Waals surface area contributed by atoms with Gasteiger partial charge in [-0.05, 0) is 6.07 Å². The van der Waals surface area contributed by atoms with E-state index in [1.165, 1.54) is 32.7 Å². The summed E-state index contributed by atoms with van der Waals surface area (Å²) >= 11 is 12.0. The van der Waals surface area contributed by atoms with E-state index in [0.717, 1.165) is 0 Å². The Bertz CT molecular complexity index is 677. The summed E-state index contributed by atoms with van der Waals surface area (Å²) in [5, 5.41) is 3.38. The monoisotopic (exact) mass is 326 g/mol. The highest BCUT2D eigenvalue weighted by Gasteiger charge is 2.15. The van der Waals surface area contributed by atoms with Gasteiger partial charge in [0.1, 0.15) is 11.5 Å². The first-order valence-electron chi connectivity index (χ1n) is 5.89. The van der Waals surface area contributed by atoms with Crippen molar-refractivity contribution in [1.29, 1.82) is 0 Å². The Labute approximate surface area is 131 Å². The maximum Gasteiger partial charge on any atom is 0.258 e. The van der Waals surface area contributed by atoms with Crippen molar-refractivity contribution < 1.29 is 14.3 Å². The van der Waals surface area contributed by atoms with Crippen LogP contribution >= 0.6 is 23.2 Å². The lowest BCUT2D eigenvalue weighted by Gasteiger charge is -2.13. The van der Waals surface area contributed by atoms with E-state index in [0.29, 0.717) is 27.2 Å². The molecule has 0 fully saturated rings. The number of amides is 1. The highest BCUT2D eigenvalue weighted by Crippen LogP contribution is 2.36. The molecular weight excluding hydrogens is 315 g/mol. The number of pyridine rings is 1. The zero-order valence-corrected chi connectivity index (χ0v) is 12.8. The number of carbonyl (C=O) groups excluding carboxylic acids is 1. The smallest absolute Gasteiger partial charge is 0.258 e. The van der Waals surface area contributed by atoms with Crippen LogP contribution in [0.4, 0.5) is 5.69 Å². The zero-order chi connectivity index (χ0) is 15.4. The number of hydrogen-bond donors (Lipinski definition) is 1. The number of ether oxygens (including phenoxy) is 2. The van der Waals surface area contributed by atoms with E-state index in [4.69, 9.17) is 32.7 Å². The lowest BCUT2D eigenvalue weighted by molar-refractivity contribution is 0.102. The molecule has 110 valence electrons. The van der Waals surface area contributed by atoms with Crippen LogP contribution < -0.4 is 14.8 Å². The molecule has 1 aromatic carbocycles. The van der Waals surface area contributed by atoms with E-state index in [2.05, 4.69) is 10.3 Å². The van der Waals surface area contributed by atoms with Crippen LogP contribution in [-0.2, 0) is 0 Å². The number of nitrogens with zero attached hydrogens (tertiary/aromatic N) is 1. The Morgan fingerprint density at radius 2 is 1.86 bits per heavy atom. The Balaban J connectivity index is 2.35. The van der Waals surface area contributed by atoms with Crippen molar-refractivity contribution in [2.24, 2.45) is 0 Å². The first-order chi connectivity index (χ1) is 10.1. The van der Waals surface area contributed by atoms with Gasteiger partial charge >= 0.3 is 0 Å². The predicted molar refractivity (Wildman–Crippen MR) is 81.8 cm³/mol. The minimum Gasteiger partial charge on any atom is -0.495 e.